The van der Waals surface area contributed by atoms with Crippen molar-refractivity contribution in [3.63, 3.8) is 0 Å². The molecule has 2 aromatic carbocycles. The van der Waals surface area contributed by atoms with E-state index in [0.29, 0.717) is 35.3 Å². The molecule has 24 heavy (non-hydrogen) atoms. The molecule has 0 aliphatic rings. The van der Waals surface area contributed by atoms with Crippen LogP contribution in [-0.2, 0) is 0 Å². The van der Waals surface area contributed by atoms with Gasteiger partial charge in [-0.15, -0.1) is 0 Å². The third-order valence-electron chi connectivity index (χ3n) is 3.17. The number of aromatic hydroxyl groups is 1. The molecular formula is C18H20ClNO4. The first-order valence-electron chi connectivity index (χ1n) is 7.74. The Morgan fingerprint density at radius 3 is 2.62 bits per heavy atom. The lowest BCUT2D eigenvalue weighted by atomic mass is 10.1. The van der Waals surface area contributed by atoms with Gasteiger partial charge in [-0.1, -0.05) is 18.5 Å². The summed E-state index contributed by atoms with van der Waals surface area (Å²) < 4.78 is 11.2. The fraction of sp³-hybridized carbons (Fsp3) is 0.278. The molecule has 2 rings (SSSR count). The average Bonchev–Trinajstić information content (AvgIpc) is 2.57. The number of amides is 1. The van der Waals surface area contributed by atoms with Crippen LogP contribution in [0.4, 0.5) is 5.69 Å². The van der Waals surface area contributed by atoms with Crippen molar-refractivity contribution < 1.29 is 19.4 Å². The summed E-state index contributed by atoms with van der Waals surface area (Å²) in [5, 5.41) is 12.8. The van der Waals surface area contributed by atoms with E-state index in [0.717, 1.165) is 6.42 Å². The molecule has 0 aromatic heterocycles. The molecule has 0 spiro atoms. The summed E-state index contributed by atoms with van der Waals surface area (Å²) in [6, 6.07) is 9.41. The van der Waals surface area contributed by atoms with Crippen molar-refractivity contribution in [3.8, 4) is 17.2 Å². The van der Waals surface area contributed by atoms with Crippen molar-refractivity contribution >= 4 is 23.2 Å². The van der Waals surface area contributed by atoms with Gasteiger partial charge in [0.1, 0.15) is 5.75 Å². The Bertz CT molecular complexity index is 718. The lowest BCUT2D eigenvalue weighted by Gasteiger charge is -2.13. The van der Waals surface area contributed by atoms with E-state index in [4.69, 9.17) is 21.1 Å². The molecule has 0 heterocycles. The number of hydrogen-bond acceptors (Lipinski definition) is 4. The average molecular weight is 350 g/mol. The van der Waals surface area contributed by atoms with Crippen molar-refractivity contribution in [1.29, 1.82) is 0 Å². The molecule has 5 nitrogen and oxygen atoms in total. The van der Waals surface area contributed by atoms with Gasteiger partial charge in [0, 0.05) is 10.6 Å². The Morgan fingerprint density at radius 2 is 1.92 bits per heavy atom. The van der Waals surface area contributed by atoms with Gasteiger partial charge < -0.3 is 19.9 Å². The van der Waals surface area contributed by atoms with Gasteiger partial charge in [-0.2, -0.15) is 0 Å². The van der Waals surface area contributed by atoms with Crippen LogP contribution in [0.2, 0.25) is 5.02 Å². The van der Waals surface area contributed by atoms with Crippen molar-refractivity contribution in [3.05, 3.63) is 47.0 Å². The minimum atomic E-state index is -0.379. The summed E-state index contributed by atoms with van der Waals surface area (Å²) in [7, 11) is 0. The zero-order valence-corrected chi connectivity index (χ0v) is 14.4. The second kappa shape index (κ2) is 8.45. The molecule has 0 fully saturated rings. The minimum Gasteiger partial charge on any atom is -0.506 e. The smallest absolute Gasteiger partial charge is 0.255 e. The van der Waals surface area contributed by atoms with Crippen molar-refractivity contribution in [1.82, 2.24) is 0 Å². The van der Waals surface area contributed by atoms with Gasteiger partial charge in [0.15, 0.2) is 11.5 Å². The van der Waals surface area contributed by atoms with E-state index < -0.39 is 0 Å². The topological polar surface area (TPSA) is 67.8 Å². The van der Waals surface area contributed by atoms with Crippen LogP contribution < -0.4 is 14.8 Å². The normalized spacial score (nSPS) is 10.3. The number of phenolic OH excluding ortho intramolecular Hbond substituents is 1. The molecule has 0 bridgehead atoms. The number of benzene rings is 2. The first kappa shape index (κ1) is 17.9. The number of carbonyl (C=O) groups excluding carboxylic acids is 1. The molecule has 2 N–H and O–H groups in total. The molecule has 6 heteroatoms. The summed E-state index contributed by atoms with van der Waals surface area (Å²) in [5.74, 6) is 0.672. The highest BCUT2D eigenvalue weighted by Gasteiger charge is 2.13. The van der Waals surface area contributed by atoms with E-state index >= 15 is 0 Å². The molecule has 0 radical (unpaired) electrons. The monoisotopic (exact) mass is 349 g/mol. The van der Waals surface area contributed by atoms with Crippen LogP contribution in [0.3, 0.4) is 0 Å². The van der Waals surface area contributed by atoms with Crippen LogP contribution in [0.1, 0.15) is 30.6 Å². The first-order valence-corrected chi connectivity index (χ1v) is 8.12. The molecule has 0 aliphatic carbocycles. The highest BCUT2D eigenvalue weighted by Crippen LogP contribution is 2.30. The maximum absolute atomic E-state index is 12.4. The van der Waals surface area contributed by atoms with Crippen LogP contribution in [0.25, 0.3) is 0 Å². The van der Waals surface area contributed by atoms with Gasteiger partial charge in [0.25, 0.3) is 5.91 Å². The summed E-state index contributed by atoms with van der Waals surface area (Å²) in [6.07, 6.45) is 0.877. The van der Waals surface area contributed by atoms with E-state index in [1.165, 1.54) is 12.1 Å². The molecule has 0 aliphatic heterocycles. The van der Waals surface area contributed by atoms with E-state index in [1.54, 1.807) is 24.3 Å². The zero-order valence-electron chi connectivity index (χ0n) is 13.6. The van der Waals surface area contributed by atoms with Crippen LogP contribution in [0.5, 0.6) is 17.2 Å². The Labute approximate surface area is 146 Å². The fourth-order valence-corrected chi connectivity index (χ4v) is 2.22. The maximum Gasteiger partial charge on any atom is 0.255 e. The fourth-order valence-electron chi connectivity index (χ4n) is 2.05. The summed E-state index contributed by atoms with van der Waals surface area (Å²) in [6.45, 7) is 4.91. The standard InChI is InChI=1S/C18H20ClNO4/c1-3-9-24-16-8-5-12(10-17(16)23-4-2)18(22)20-14-11-13(19)6-7-15(14)21/h5-8,10-11,21H,3-4,9H2,1-2H3,(H,20,22). The van der Waals surface area contributed by atoms with Gasteiger partial charge in [0.2, 0.25) is 0 Å². The summed E-state index contributed by atoms with van der Waals surface area (Å²) in [5.41, 5.74) is 0.637. The van der Waals surface area contributed by atoms with Crippen LogP contribution in [0.15, 0.2) is 36.4 Å². The number of halogens is 1. The lowest BCUT2D eigenvalue weighted by molar-refractivity contribution is 0.102. The molecule has 0 unspecified atom stereocenters. The van der Waals surface area contributed by atoms with Crippen molar-refractivity contribution in [2.24, 2.45) is 0 Å². The van der Waals surface area contributed by atoms with Gasteiger partial charge in [-0.25, -0.2) is 0 Å². The number of ether oxygens (including phenoxy) is 2. The van der Waals surface area contributed by atoms with E-state index in [-0.39, 0.29) is 17.3 Å². The van der Waals surface area contributed by atoms with Crippen LogP contribution in [-0.4, -0.2) is 24.2 Å². The van der Waals surface area contributed by atoms with Gasteiger partial charge in [-0.05, 0) is 49.7 Å². The highest BCUT2D eigenvalue weighted by atomic mass is 35.5. The molecular weight excluding hydrogens is 330 g/mol. The first-order chi connectivity index (χ1) is 11.5. The van der Waals surface area contributed by atoms with E-state index in [1.807, 2.05) is 13.8 Å². The molecule has 1 amide bonds. The predicted molar refractivity (Wildman–Crippen MR) is 94.5 cm³/mol. The van der Waals surface area contributed by atoms with Gasteiger partial charge >= 0.3 is 0 Å². The van der Waals surface area contributed by atoms with Gasteiger partial charge in [-0.3, -0.25) is 4.79 Å². The highest BCUT2D eigenvalue weighted by molar-refractivity contribution is 6.31. The molecule has 2 aromatic rings. The number of rotatable bonds is 7. The van der Waals surface area contributed by atoms with Gasteiger partial charge in [0.05, 0.1) is 18.9 Å². The zero-order chi connectivity index (χ0) is 17.5. The minimum absolute atomic E-state index is 0.0549. The van der Waals surface area contributed by atoms with E-state index in [2.05, 4.69) is 5.32 Å². The number of hydrogen-bond donors (Lipinski definition) is 2. The quantitative estimate of drug-likeness (QED) is 0.723. The second-order valence-electron chi connectivity index (χ2n) is 5.06. The maximum atomic E-state index is 12.4. The van der Waals surface area contributed by atoms with Crippen LogP contribution in [0, 0.1) is 0 Å². The lowest BCUT2D eigenvalue weighted by Crippen LogP contribution is -2.12. The number of anilines is 1. The van der Waals surface area contributed by atoms with Crippen molar-refractivity contribution in [2.75, 3.05) is 18.5 Å². The Morgan fingerprint density at radius 1 is 1.12 bits per heavy atom. The molecule has 0 atom stereocenters. The number of carbonyl (C=O) groups is 1. The summed E-state index contributed by atoms with van der Waals surface area (Å²) >= 11 is 5.88. The summed E-state index contributed by atoms with van der Waals surface area (Å²) in [4.78, 5) is 12.4. The third-order valence-corrected chi connectivity index (χ3v) is 3.41. The third kappa shape index (κ3) is 4.55. The second-order valence-corrected chi connectivity index (χ2v) is 5.50. The van der Waals surface area contributed by atoms with Crippen molar-refractivity contribution in [2.45, 2.75) is 20.3 Å². The van der Waals surface area contributed by atoms with E-state index in [9.17, 15) is 9.90 Å². The molecule has 0 saturated carbocycles. The SMILES string of the molecule is CCCOc1ccc(C(=O)Nc2cc(Cl)ccc2O)cc1OCC. The number of nitrogens with one attached hydrogen (secondary N) is 1. The Balaban J connectivity index is 2.22. The molecule has 0 saturated heterocycles. The largest absolute Gasteiger partial charge is 0.506 e. The molecule has 128 valence electrons. The number of phenols is 1. The Hall–Kier alpha value is -2.40. The Kier molecular flexibility index (Phi) is 6.32. The predicted octanol–water partition coefficient (Wildman–Crippen LogP) is 4.49. The van der Waals surface area contributed by atoms with Crippen LogP contribution >= 0.6 is 11.6 Å².